The Morgan fingerprint density at radius 3 is 2.95 bits per heavy atom. The van der Waals surface area contributed by atoms with Crippen molar-refractivity contribution < 1.29 is 9.53 Å². The Kier molecular flexibility index (Phi) is 5.18. The average molecular weight is 341 g/mol. The van der Waals surface area contributed by atoms with Crippen molar-refractivity contribution in [3.05, 3.63) is 34.3 Å². The lowest BCUT2D eigenvalue weighted by Crippen LogP contribution is -2.52. The lowest BCUT2D eigenvalue weighted by atomic mass is 10.00. The van der Waals surface area contributed by atoms with E-state index in [1.807, 2.05) is 19.1 Å². The van der Waals surface area contributed by atoms with Gasteiger partial charge in [-0.25, -0.2) is 0 Å². The zero-order valence-electron chi connectivity index (χ0n) is 11.9. The minimum atomic E-state index is -0.492. The molecule has 1 aliphatic rings. The third-order valence-electron chi connectivity index (χ3n) is 3.60. The van der Waals surface area contributed by atoms with Crippen molar-refractivity contribution in [2.45, 2.75) is 32.0 Å². The van der Waals surface area contributed by atoms with Gasteiger partial charge in [-0.05, 0) is 30.5 Å². The largest absolute Gasteiger partial charge is 0.367 e. The molecule has 2 N–H and O–H groups in total. The van der Waals surface area contributed by atoms with Gasteiger partial charge in [-0.3, -0.25) is 9.69 Å². The lowest BCUT2D eigenvalue weighted by molar-refractivity contribution is -0.142. The molecule has 0 spiro atoms. The minimum Gasteiger partial charge on any atom is -0.367 e. The summed E-state index contributed by atoms with van der Waals surface area (Å²) in [5.41, 5.74) is 6.64. The molecule has 20 heavy (non-hydrogen) atoms. The third-order valence-corrected chi connectivity index (χ3v) is 4.10. The van der Waals surface area contributed by atoms with E-state index in [-0.39, 0.29) is 12.0 Å². The van der Waals surface area contributed by atoms with Gasteiger partial charge in [-0.15, -0.1) is 0 Å². The zero-order valence-corrected chi connectivity index (χ0v) is 13.5. The maximum atomic E-state index is 11.3. The monoisotopic (exact) mass is 340 g/mol. The predicted molar refractivity (Wildman–Crippen MR) is 82.5 cm³/mol. The van der Waals surface area contributed by atoms with Crippen LogP contribution in [0.4, 0.5) is 0 Å². The first kappa shape index (κ1) is 15.5. The summed E-state index contributed by atoms with van der Waals surface area (Å²) in [4.78, 5) is 13.6. The van der Waals surface area contributed by atoms with Gasteiger partial charge in [0.05, 0.1) is 6.10 Å². The van der Waals surface area contributed by atoms with Crippen LogP contribution in [0.2, 0.25) is 0 Å². The molecule has 0 saturated carbocycles. The van der Waals surface area contributed by atoms with Crippen LogP contribution in [0.15, 0.2) is 28.7 Å². The Balaban J connectivity index is 1.99. The van der Waals surface area contributed by atoms with E-state index in [2.05, 4.69) is 39.9 Å². The second kappa shape index (κ2) is 6.70. The van der Waals surface area contributed by atoms with Crippen LogP contribution in [0.1, 0.15) is 25.3 Å². The summed E-state index contributed by atoms with van der Waals surface area (Å²) in [5.74, 6) is 0.0167. The molecule has 1 heterocycles. The molecule has 3 atom stereocenters. The Hall–Kier alpha value is -0.910. The van der Waals surface area contributed by atoms with Crippen molar-refractivity contribution >= 4 is 21.8 Å². The van der Waals surface area contributed by atoms with E-state index in [0.29, 0.717) is 12.5 Å². The molecule has 2 rings (SSSR count). The third kappa shape index (κ3) is 4.04. The van der Waals surface area contributed by atoms with Crippen LogP contribution < -0.4 is 5.73 Å². The van der Waals surface area contributed by atoms with E-state index in [1.54, 1.807) is 0 Å². The van der Waals surface area contributed by atoms with E-state index in [9.17, 15) is 4.79 Å². The normalized spacial score (nSPS) is 25.4. The fourth-order valence-corrected chi connectivity index (χ4v) is 3.07. The fraction of sp³-hybridized carbons (Fsp3) is 0.533. The van der Waals surface area contributed by atoms with Crippen LogP contribution in [0.25, 0.3) is 0 Å². The minimum absolute atomic E-state index is 0.0379. The number of benzene rings is 1. The predicted octanol–water partition coefficient (Wildman–Crippen LogP) is 2.13. The van der Waals surface area contributed by atoms with Gasteiger partial charge in [0.1, 0.15) is 6.10 Å². The van der Waals surface area contributed by atoms with Gasteiger partial charge >= 0.3 is 0 Å². The van der Waals surface area contributed by atoms with E-state index >= 15 is 0 Å². The van der Waals surface area contributed by atoms with E-state index in [4.69, 9.17) is 10.5 Å². The van der Waals surface area contributed by atoms with Gasteiger partial charge in [-0.2, -0.15) is 0 Å². The number of halogens is 1. The number of morpholine rings is 1. The molecular weight excluding hydrogens is 320 g/mol. The van der Waals surface area contributed by atoms with Crippen LogP contribution in [0.5, 0.6) is 0 Å². The zero-order chi connectivity index (χ0) is 14.7. The summed E-state index contributed by atoms with van der Waals surface area (Å²) in [5, 5.41) is 0. The quantitative estimate of drug-likeness (QED) is 0.913. The van der Waals surface area contributed by atoms with Crippen molar-refractivity contribution in [2.24, 2.45) is 5.73 Å². The highest BCUT2D eigenvalue weighted by atomic mass is 79.9. The van der Waals surface area contributed by atoms with E-state index in [0.717, 1.165) is 17.6 Å². The van der Waals surface area contributed by atoms with Crippen molar-refractivity contribution in [2.75, 3.05) is 19.6 Å². The van der Waals surface area contributed by atoms with Crippen LogP contribution in [0.3, 0.4) is 0 Å². The second-order valence-electron chi connectivity index (χ2n) is 5.51. The van der Waals surface area contributed by atoms with Gasteiger partial charge in [0.2, 0.25) is 5.91 Å². The van der Waals surface area contributed by atoms with Crippen LogP contribution in [-0.4, -0.2) is 42.6 Å². The number of hydrogen-bond donors (Lipinski definition) is 1. The van der Waals surface area contributed by atoms with Gasteiger partial charge in [0, 0.05) is 24.1 Å². The van der Waals surface area contributed by atoms with Crippen molar-refractivity contribution in [1.29, 1.82) is 0 Å². The summed E-state index contributed by atoms with van der Waals surface area (Å²) < 4.78 is 6.65. The molecule has 1 aromatic carbocycles. The molecule has 0 aromatic heterocycles. The van der Waals surface area contributed by atoms with E-state index < -0.39 is 6.10 Å². The first-order valence-electron chi connectivity index (χ1n) is 6.88. The summed E-state index contributed by atoms with van der Waals surface area (Å²) >= 11 is 3.50. The fourth-order valence-electron chi connectivity index (χ4n) is 2.65. The van der Waals surface area contributed by atoms with Crippen molar-refractivity contribution in [3.63, 3.8) is 0 Å². The second-order valence-corrected chi connectivity index (χ2v) is 6.43. The molecule has 1 saturated heterocycles. The average Bonchev–Trinajstić information content (AvgIpc) is 2.37. The lowest BCUT2D eigenvalue weighted by Gasteiger charge is -2.36. The Morgan fingerprint density at radius 2 is 2.30 bits per heavy atom. The van der Waals surface area contributed by atoms with Gasteiger partial charge in [0.15, 0.2) is 0 Å². The summed E-state index contributed by atoms with van der Waals surface area (Å²) in [6.45, 7) is 6.49. The molecule has 1 aliphatic heterocycles. The molecule has 0 aliphatic carbocycles. The molecule has 0 unspecified atom stereocenters. The number of nitrogens with two attached hydrogens (primary N) is 1. The maximum Gasteiger partial charge on any atom is 0.247 e. The van der Waals surface area contributed by atoms with Crippen LogP contribution in [-0.2, 0) is 9.53 Å². The number of hydrogen-bond acceptors (Lipinski definition) is 3. The number of carbonyl (C=O) groups is 1. The first-order chi connectivity index (χ1) is 9.45. The SMILES string of the molecule is C[C@@H]1CN(C[C@@H](C)c2cccc(Br)c2)C[C@@H](C(N)=O)O1. The topological polar surface area (TPSA) is 55.6 Å². The first-order valence-corrected chi connectivity index (χ1v) is 7.67. The maximum absolute atomic E-state index is 11.3. The number of ether oxygens (including phenoxy) is 1. The highest BCUT2D eigenvalue weighted by Crippen LogP contribution is 2.22. The Morgan fingerprint density at radius 1 is 1.55 bits per heavy atom. The van der Waals surface area contributed by atoms with Crippen LogP contribution in [0, 0.1) is 0 Å². The molecular formula is C15H21BrN2O2. The van der Waals surface area contributed by atoms with Crippen molar-refractivity contribution in [1.82, 2.24) is 4.90 Å². The van der Waals surface area contributed by atoms with Gasteiger partial charge in [0.25, 0.3) is 0 Å². The highest BCUT2D eigenvalue weighted by Gasteiger charge is 2.29. The molecule has 1 amide bonds. The number of rotatable bonds is 4. The van der Waals surface area contributed by atoms with Gasteiger partial charge in [-0.1, -0.05) is 35.0 Å². The Bertz CT molecular complexity index is 481. The van der Waals surface area contributed by atoms with E-state index in [1.165, 1.54) is 5.56 Å². The summed E-state index contributed by atoms with van der Waals surface area (Å²) in [7, 11) is 0. The Labute approximate surface area is 128 Å². The number of primary amides is 1. The van der Waals surface area contributed by atoms with Crippen molar-refractivity contribution in [3.8, 4) is 0 Å². The smallest absolute Gasteiger partial charge is 0.247 e. The molecule has 110 valence electrons. The summed E-state index contributed by atoms with van der Waals surface area (Å²) in [6, 6.07) is 8.34. The standard InChI is InChI=1S/C15H21BrN2O2/c1-10(12-4-3-5-13(16)6-12)7-18-8-11(2)20-14(9-18)15(17)19/h3-6,10-11,14H,7-9H2,1-2H3,(H2,17,19)/t10-,11-,14+/m1/s1. The molecule has 0 bridgehead atoms. The van der Waals surface area contributed by atoms with Crippen LogP contribution >= 0.6 is 15.9 Å². The molecule has 0 radical (unpaired) electrons. The summed E-state index contributed by atoms with van der Waals surface area (Å²) in [6.07, 6.45) is -0.454. The number of amides is 1. The highest BCUT2D eigenvalue weighted by molar-refractivity contribution is 9.10. The molecule has 1 fully saturated rings. The molecule has 5 heteroatoms. The van der Waals surface area contributed by atoms with Gasteiger partial charge < -0.3 is 10.5 Å². The number of nitrogens with zero attached hydrogens (tertiary/aromatic N) is 1. The molecule has 1 aromatic rings. The molecule has 4 nitrogen and oxygen atoms in total. The number of carbonyl (C=O) groups excluding carboxylic acids is 1.